The van der Waals surface area contributed by atoms with Crippen molar-refractivity contribution in [3.63, 3.8) is 0 Å². The maximum Gasteiger partial charge on any atom is 0.0415 e. The van der Waals surface area contributed by atoms with E-state index in [2.05, 4.69) is 54.6 Å². The van der Waals surface area contributed by atoms with Gasteiger partial charge in [0.15, 0.2) is 0 Å². The molecule has 1 saturated carbocycles. The highest BCUT2D eigenvalue weighted by Gasteiger charge is 2.31. The average molecular weight is 251 g/mol. The van der Waals surface area contributed by atoms with E-state index >= 15 is 0 Å². The van der Waals surface area contributed by atoms with Crippen LogP contribution in [0.2, 0.25) is 0 Å². The van der Waals surface area contributed by atoms with Crippen molar-refractivity contribution >= 4 is 0 Å². The number of rotatable bonds is 2. The number of benzene rings is 2. The Bertz CT molecular complexity index is 539. The Kier molecular flexibility index (Phi) is 3.39. The van der Waals surface area contributed by atoms with E-state index in [1.807, 2.05) is 0 Å². The summed E-state index contributed by atoms with van der Waals surface area (Å²) in [7, 11) is 0. The van der Waals surface area contributed by atoms with Gasteiger partial charge in [-0.25, -0.2) is 0 Å². The van der Waals surface area contributed by atoms with E-state index < -0.39 is 0 Å². The van der Waals surface area contributed by atoms with Crippen LogP contribution in [0, 0.1) is 0 Å². The summed E-state index contributed by atoms with van der Waals surface area (Å²) >= 11 is 0. The molecule has 1 aliphatic carbocycles. The van der Waals surface area contributed by atoms with Gasteiger partial charge in [-0.1, -0.05) is 73.9 Å². The SMILES string of the molecule is NC1(c2ccccc2-c2ccccc2)CCCCC1. The quantitative estimate of drug-likeness (QED) is 0.837. The van der Waals surface area contributed by atoms with E-state index in [4.69, 9.17) is 5.73 Å². The molecule has 3 rings (SSSR count). The molecular weight excluding hydrogens is 230 g/mol. The zero-order valence-electron chi connectivity index (χ0n) is 11.3. The van der Waals surface area contributed by atoms with Gasteiger partial charge >= 0.3 is 0 Å². The number of hydrogen-bond acceptors (Lipinski definition) is 1. The summed E-state index contributed by atoms with van der Waals surface area (Å²) in [6.07, 6.45) is 6.04. The first-order valence-electron chi connectivity index (χ1n) is 7.23. The molecule has 2 N–H and O–H groups in total. The first-order chi connectivity index (χ1) is 9.30. The van der Waals surface area contributed by atoms with E-state index in [1.165, 1.54) is 36.0 Å². The Balaban J connectivity index is 2.07. The summed E-state index contributed by atoms with van der Waals surface area (Å²) < 4.78 is 0. The zero-order valence-corrected chi connectivity index (χ0v) is 11.3. The van der Waals surface area contributed by atoms with E-state index in [0.29, 0.717) is 0 Å². The van der Waals surface area contributed by atoms with Gasteiger partial charge in [0.25, 0.3) is 0 Å². The Hall–Kier alpha value is -1.60. The summed E-state index contributed by atoms with van der Waals surface area (Å²) in [5.41, 5.74) is 10.5. The maximum atomic E-state index is 6.72. The smallest absolute Gasteiger partial charge is 0.0415 e. The van der Waals surface area contributed by atoms with Crippen molar-refractivity contribution in [3.8, 4) is 11.1 Å². The predicted octanol–water partition coefficient (Wildman–Crippen LogP) is 4.47. The molecule has 0 amide bonds. The number of hydrogen-bond donors (Lipinski definition) is 1. The van der Waals surface area contributed by atoms with Gasteiger partial charge in [-0.05, 0) is 29.5 Å². The van der Waals surface area contributed by atoms with E-state index in [-0.39, 0.29) is 5.54 Å². The second kappa shape index (κ2) is 5.18. The van der Waals surface area contributed by atoms with Gasteiger partial charge in [0.05, 0.1) is 0 Å². The van der Waals surface area contributed by atoms with Crippen molar-refractivity contribution in [2.75, 3.05) is 0 Å². The molecule has 0 heterocycles. The molecule has 0 spiro atoms. The highest BCUT2D eigenvalue weighted by atomic mass is 14.7. The van der Waals surface area contributed by atoms with Crippen LogP contribution in [0.25, 0.3) is 11.1 Å². The van der Waals surface area contributed by atoms with Crippen LogP contribution in [0.1, 0.15) is 37.7 Å². The van der Waals surface area contributed by atoms with Gasteiger partial charge in [-0.2, -0.15) is 0 Å². The monoisotopic (exact) mass is 251 g/mol. The second-order valence-electron chi connectivity index (χ2n) is 5.63. The molecule has 0 atom stereocenters. The largest absolute Gasteiger partial charge is 0.321 e. The predicted molar refractivity (Wildman–Crippen MR) is 80.8 cm³/mol. The first-order valence-corrected chi connectivity index (χ1v) is 7.23. The third-order valence-corrected chi connectivity index (χ3v) is 4.29. The fourth-order valence-electron chi connectivity index (χ4n) is 3.24. The van der Waals surface area contributed by atoms with Crippen LogP contribution in [-0.2, 0) is 5.54 Å². The number of nitrogens with two attached hydrogens (primary N) is 1. The van der Waals surface area contributed by atoms with Crippen molar-refractivity contribution < 1.29 is 0 Å². The molecule has 0 radical (unpaired) electrons. The Morgan fingerprint density at radius 2 is 1.37 bits per heavy atom. The molecule has 1 aliphatic rings. The van der Waals surface area contributed by atoms with Crippen molar-refractivity contribution in [2.24, 2.45) is 5.73 Å². The van der Waals surface area contributed by atoms with Crippen LogP contribution in [0.4, 0.5) is 0 Å². The lowest BCUT2D eigenvalue weighted by molar-refractivity contribution is 0.303. The van der Waals surface area contributed by atoms with Gasteiger partial charge in [0.1, 0.15) is 0 Å². The lowest BCUT2D eigenvalue weighted by atomic mass is 9.75. The van der Waals surface area contributed by atoms with E-state index in [1.54, 1.807) is 0 Å². The lowest BCUT2D eigenvalue weighted by Gasteiger charge is -2.35. The molecule has 0 bridgehead atoms. The fraction of sp³-hybridized carbons (Fsp3) is 0.333. The topological polar surface area (TPSA) is 26.0 Å². The van der Waals surface area contributed by atoms with Crippen LogP contribution < -0.4 is 5.73 Å². The molecule has 1 heteroatoms. The Labute approximate surface area is 115 Å². The van der Waals surface area contributed by atoms with Crippen molar-refractivity contribution in [1.29, 1.82) is 0 Å². The molecular formula is C18H21N. The minimum Gasteiger partial charge on any atom is -0.321 e. The molecule has 1 fully saturated rings. The Morgan fingerprint density at radius 1 is 0.737 bits per heavy atom. The van der Waals surface area contributed by atoms with Crippen LogP contribution in [0.15, 0.2) is 54.6 Å². The molecule has 98 valence electrons. The van der Waals surface area contributed by atoms with E-state index in [0.717, 1.165) is 12.8 Å². The molecule has 0 unspecified atom stereocenters. The highest BCUT2D eigenvalue weighted by molar-refractivity contribution is 5.68. The fourth-order valence-corrected chi connectivity index (χ4v) is 3.24. The molecule has 19 heavy (non-hydrogen) atoms. The summed E-state index contributed by atoms with van der Waals surface area (Å²) in [5.74, 6) is 0. The van der Waals surface area contributed by atoms with Gasteiger partial charge < -0.3 is 5.73 Å². The van der Waals surface area contributed by atoms with Gasteiger partial charge in [-0.15, -0.1) is 0 Å². The first kappa shape index (κ1) is 12.4. The summed E-state index contributed by atoms with van der Waals surface area (Å²) in [5, 5.41) is 0. The molecule has 0 aliphatic heterocycles. The van der Waals surface area contributed by atoms with Crippen molar-refractivity contribution in [2.45, 2.75) is 37.6 Å². The highest BCUT2D eigenvalue weighted by Crippen LogP contribution is 2.39. The molecule has 0 saturated heterocycles. The normalized spacial score (nSPS) is 18.2. The third kappa shape index (κ3) is 2.43. The molecule has 1 nitrogen and oxygen atoms in total. The maximum absolute atomic E-state index is 6.72. The average Bonchev–Trinajstić information content (AvgIpc) is 2.49. The standard InChI is InChI=1S/C18H21N/c19-18(13-7-2-8-14-18)17-12-6-5-11-16(17)15-9-3-1-4-10-15/h1,3-6,9-12H,2,7-8,13-14,19H2. The van der Waals surface area contributed by atoms with Gasteiger partial charge in [-0.3, -0.25) is 0 Å². The van der Waals surface area contributed by atoms with Gasteiger partial charge in [0, 0.05) is 5.54 Å². The van der Waals surface area contributed by atoms with Gasteiger partial charge in [0.2, 0.25) is 0 Å². The molecule has 2 aromatic carbocycles. The van der Waals surface area contributed by atoms with Crippen LogP contribution in [-0.4, -0.2) is 0 Å². The van der Waals surface area contributed by atoms with Crippen LogP contribution in [0.5, 0.6) is 0 Å². The summed E-state index contributed by atoms with van der Waals surface area (Å²) in [6.45, 7) is 0. The minimum absolute atomic E-state index is 0.134. The summed E-state index contributed by atoms with van der Waals surface area (Å²) in [6, 6.07) is 19.2. The van der Waals surface area contributed by atoms with E-state index in [9.17, 15) is 0 Å². The summed E-state index contributed by atoms with van der Waals surface area (Å²) in [4.78, 5) is 0. The van der Waals surface area contributed by atoms with Crippen molar-refractivity contribution in [1.82, 2.24) is 0 Å². The van der Waals surface area contributed by atoms with Crippen molar-refractivity contribution in [3.05, 3.63) is 60.2 Å². The zero-order chi connectivity index (χ0) is 13.1. The van der Waals surface area contributed by atoms with Crippen LogP contribution in [0.3, 0.4) is 0 Å². The third-order valence-electron chi connectivity index (χ3n) is 4.29. The molecule has 2 aromatic rings. The second-order valence-corrected chi connectivity index (χ2v) is 5.63. The lowest BCUT2D eigenvalue weighted by Crippen LogP contribution is -2.39. The van der Waals surface area contributed by atoms with Crippen LogP contribution >= 0.6 is 0 Å². The molecule has 0 aromatic heterocycles. The Morgan fingerprint density at radius 3 is 2.11 bits per heavy atom. The minimum atomic E-state index is -0.134.